The Kier molecular flexibility index (Phi) is 4.76. The van der Waals surface area contributed by atoms with Gasteiger partial charge in [0.25, 0.3) is 11.8 Å². The van der Waals surface area contributed by atoms with Crippen LogP contribution in [0.1, 0.15) is 24.5 Å². The Hall–Kier alpha value is -3.67. The van der Waals surface area contributed by atoms with Crippen LogP contribution >= 0.6 is 0 Å². The third-order valence-electron chi connectivity index (χ3n) is 4.95. The molecular weight excluding hydrogens is 366 g/mol. The molecule has 0 radical (unpaired) electrons. The highest BCUT2D eigenvalue weighted by Crippen LogP contribution is 2.27. The molecule has 4 amide bonds. The molecule has 0 aliphatic carbocycles. The summed E-state index contributed by atoms with van der Waals surface area (Å²) in [6.45, 7) is 4.80. The molecule has 1 aromatic heterocycles. The molecule has 0 bridgehead atoms. The molecule has 1 aliphatic rings. The maximum Gasteiger partial charge on any atom is 0.335 e. The fourth-order valence-electron chi connectivity index (χ4n) is 3.63. The van der Waals surface area contributed by atoms with E-state index in [4.69, 9.17) is 0 Å². The van der Waals surface area contributed by atoms with E-state index in [0.29, 0.717) is 5.69 Å². The molecule has 2 heterocycles. The SMILES string of the molecule is CCCn1cc(C=C2C(=O)NC(=O)N(c3cccc(C)c3)C2=O)c2ccccc21. The van der Waals surface area contributed by atoms with Crippen molar-refractivity contribution < 1.29 is 14.4 Å². The number of carbonyl (C=O) groups is 3. The number of aryl methyl sites for hydroxylation is 2. The first-order valence-electron chi connectivity index (χ1n) is 9.55. The maximum absolute atomic E-state index is 13.1. The fourth-order valence-corrected chi connectivity index (χ4v) is 3.63. The predicted molar refractivity (Wildman–Crippen MR) is 112 cm³/mol. The molecular formula is C23H21N3O3. The van der Waals surface area contributed by atoms with E-state index in [1.54, 1.807) is 24.3 Å². The van der Waals surface area contributed by atoms with Crippen molar-refractivity contribution in [2.45, 2.75) is 26.8 Å². The van der Waals surface area contributed by atoms with Crippen LogP contribution in [0.4, 0.5) is 10.5 Å². The average Bonchev–Trinajstić information content (AvgIpc) is 3.03. The molecule has 6 heteroatoms. The van der Waals surface area contributed by atoms with Crippen molar-refractivity contribution in [2.75, 3.05) is 4.90 Å². The second-order valence-corrected chi connectivity index (χ2v) is 7.09. The van der Waals surface area contributed by atoms with Gasteiger partial charge in [0.2, 0.25) is 0 Å². The number of para-hydroxylation sites is 1. The molecule has 3 aromatic rings. The fraction of sp³-hybridized carbons (Fsp3) is 0.174. The van der Waals surface area contributed by atoms with Gasteiger partial charge >= 0.3 is 6.03 Å². The highest BCUT2D eigenvalue weighted by molar-refractivity contribution is 6.39. The number of carbonyl (C=O) groups excluding carboxylic acids is 3. The highest BCUT2D eigenvalue weighted by atomic mass is 16.2. The Balaban J connectivity index is 1.81. The van der Waals surface area contributed by atoms with Gasteiger partial charge in [-0.15, -0.1) is 0 Å². The molecule has 0 spiro atoms. The van der Waals surface area contributed by atoms with Crippen molar-refractivity contribution in [1.29, 1.82) is 0 Å². The molecule has 1 saturated heterocycles. The Bertz CT molecular complexity index is 1170. The molecule has 1 N–H and O–H groups in total. The Labute approximate surface area is 168 Å². The Morgan fingerprint density at radius 1 is 1.03 bits per heavy atom. The van der Waals surface area contributed by atoms with E-state index >= 15 is 0 Å². The zero-order valence-electron chi connectivity index (χ0n) is 16.3. The lowest BCUT2D eigenvalue weighted by molar-refractivity contribution is -0.122. The zero-order valence-corrected chi connectivity index (χ0v) is 16.3. The van der Waals surface area contributed by atoms with Crippen LogP contribution in [0.3, 0.4) is 0 Å². The number of aromatic nitrogens is 1. The van der Waals surface area contributed by atoms with Crippen LogP contribution in [0.2, 0.25) is 0 Å². The minimum atomic E-state index is -0.740. The van der Waals surface area contributed by atoms with Gasteiger partial charge in [0.05, 0.1) is 5.69 Å². The van der Waals surface area contributed by atoms with Gasteiger partial charge in [0, 0.05) is 29.2 Å². The van der Waals surface area contributed by atoms with Crippen LogP contribution in [0.15, 0.2) is 60.3 Å². The van der Waals surface area contributed by atoms with Crippen molar-refractivity contribution in [3.8, 4) is 0 Å². The second kappa shape index (κ2) is 7.39. The van der Waals surface area contributed by atoms with E-state index in [1.165, 1.54) is 0 Å². The minimum absolute atomic E-state index is 0.0643. The summed E-state index contributed by atoms with van der Waals surface area (Å²) >= 11 is 0. The topological polar surface area (TPSA) is 71.4 Å². The van der Waals surface area contributed by atoms with E-state index in [0.717, 1.165) is 39.9 Å². The van der Waals surface area contributed by atoms with Crippen LogP contribution in [0.25, 0.3) is 17.0 Å². The number of hydrogen-bond acceptors (Lipinski definition) is 3. The van der Waals surface area contributed by atoms with Gasteiger partial charge in [-0.1, -0.05) is 37.3 Å². The Morgan fingerprint density at radius 3 is 2.59 bits per heavy atom. The summed E-state index contributed by atoms with van der Waals surface area (Å²) in [7, 11) is 0. The average molecular weight is 387 g/mol. The van der Waals surface area contributed by atoms with E-state index in [-0.39, 0.29) is 5.57 Å². The quantitative estimate of drug-likeness (QED) is 0.543. The lowest BCUT2D eigenvalue weighted by atomic mass is 10.1. The highest BCUT2D eigenvalue weighted by Gasteiger charge is 2.37. The zero-order chi connectivity index (χ0) is 20.5. The summed E-state index contributed by atoms with van der Waals surface area (Å²) in [6.07, 6.45) is 4.47. The van der Waals surface area contributed by atoms with E-state index in [2.05, 4.69) is 16.8 Å². The number of urea groups is 1. The standard InChI is InChI=1S/C23H21N3O3/c1-3-11-25-14-16(18-9-4-5-10-20(18)25)13-19-21(27)24-23(29)26(22(19)28)17-8-6-7-15(2)12-17/h4-10,12-14H,3,11H2,1-2H3,(H,24,27,29). The van der Waals surface area contributed by atoms with Crippen LogP contribution in [-0.4, -0.2) is 22.4 Å². The number of hydrogen-bond donors (Lipinski definition) is 1. The van der Waals surface area contributed by atoms with Crippen molar-refractivity contribution >= 4 is 40.5 Å². The summed E-state index contributed by atoms with van der Waals surface area (Å²) in [5, 5.41) is 3.23. The number of fused-ring (bicyclic) bond motifs is 1. The number of barbiturate groups is 1. The van der Waals surface area contributed by atoms with E-state index in [9.17, 15) is 14.4 Å². The van der Waals surface area contributed by atoms with Crippen molar-refractivity contribution in [1.82, 2.24) is 9.88 Å². The van der Waals surface area contributed by atoms with Crippen LogP contribution in [0.5, 0.6) is 0 Å². The van der Waals surface area contributed by atoms with Crippen molar-refractivity contribution in [3.05, 3.63) is 71.4 Å². The minimum Gasteiger partial charge on any atom is -0.347 e. The lowest BCUT2D eigenvalue weighted by Crippen LogP contribution is -2.54. The van der Waals surface area contributed by atoms with Gasteiger partial charge in [-0.25, -0.2) is 9.69 Å². The molecule has 6 nitrogen and oxygen atoms in total. The van der Waals surface area contributed by atoms with Gasteiger partial charge in [-0.05, 0) is 43.2 Å². The number of rotatable bonds is 4. The molecule has 0 unspecified atom stereocenters. The molecule has 29 heavy (non-hydrogen) atoms. The Morgan fingerprint density at radius 2 is 1.83 bits per heavy atom. The van der Waals surface area contributed by atoms with E-state index in [1.807, 2.05) is 43.5 Å². The number of imide groups is 2. The molecule has 4 rings (SSSR count). The summed E-state index contributed by atoms with van der Waals surface area (Å²) in [4.78, 5) is 39.0. The molecule has 1 aliphatic heterocycles. The van der Waals surface area contributed by atoms with Gasteiger partial charge < -0.3 is 4.57 Å². The summed E-state index contributed by atoms with van der Waals surface area (Å²) in [5.41, 5.74) is 3.08. The summed E-state index contributed by atoms with van der Waals surface area (Å²) < 4.78 is 2.11. The van der Waals surface area contributed by atoms with Gasteiger partial charge in [-0.3, -0.25) is 14.9 Å². The first-order chi connectivity index (χ1) is 14.0. The normalized spacial score (nSPS) is 16.0. The van der Waals surface area contributed by atoms with Gasteiger partial charge in [0.15, 0.2) is 0 Å². The number of nitrogens with zero attached hydrogens (tertiary/aromatic N) is 2. The van der Waals surface area contributed by atoms with Gasteiger partial charge in [0.1, 0.15) is 5.57 Å². The lowest BCUT2D eigenvalue weighted by Gasteiger charge is -2.26. The van der Waals surface area contributed by atoms with Crippen LogP contribution in [-0.2, 0) is 16.1 Å². The number of benzene rings is 2. The van der Waals surface area contributed by atoms with Crippen LogP contribution < -0.4 is 10.2 Å². The second-order valence-electron chi connectivity index (χ2n) is 7.09. The number of anilines is 1. The predicted octanol–water partition coefficient (Wildman–Crippen LogP) is 4.03. The van der Waals surface area contributed by atoms with Crippen molar-refractivity contribution in [2.24, 2.45) is 0 Å². The van der Waals surface area contributed by atoms with E-state index < -0.39 is 17.8 Å². The third kappa shape index (κ3) is 3.33. The maximum atomic E-state index is 13.1. The largest absolute Gasteiger partial charge is 0.347 e. The van der Waals surface area contributed by atoms with Crippen molar-refractivity contribution in [3.63, 3.8) is 0 Å². The van der Waals surface area contributed by atoms with Crippen LogP contribution in [0, 0.1) is 6.92 Å². The first-order valence-corrected chi connectivity index (χ1v) is 9.55. The molecule has 146 valence electrons. The monoisotopic (exact) mass is 387 g/mol. The third-order valence-corrected chi connectivity index (χ3v) is 4.95. The number of nitrogens with one attached hydrogen (secondary N) is 1. The molecule has 1 fully saturated rings. The molecule has 0 atom stereocenters. The van der Waals surface area contributed by atoms with Gasteiger partial charge in [-0.2, -0.15) is 0 Å². The smallest absolute Gasteiger partial charge is 0.335 e. The molecule has 0 saturated carbocycles. The number of amides is 4. The first kappa shape index (κ1) is 18.7. The molecule has 2 aromatic carbocycles. The summed E-state index contributed by atoms with van der Waals surface area (Å²) in [6, 6.07) is 14.2. The summed E-state index contributed by atoms with van der Waals surface area (Å²) in [5.74, 6) is -1.31.